The van der Waals surface area contributed by atoms with Crippen molar-refractivity contribution in [1.29, 1.82) is 0 Å². The molecule has 6 nitrogen and oxygen atoms in total. The first kappa shape index (κ1) is 13.4. The lowest BCUT2D eigenvalue weighted by Crippen LogP contribution is -2.23. The molecule has 3 aromatic heterocycles. The van der Waals surface area contributed by atoms with Gasteiger partial charge in [-0.1, -0.05) is 0 Å². The van der Waals surface area contributed by atoms with Crippen molar-refractivity contribution < 1.29 is 4.79 Å². The number of pyridine rings is 1. The average molecular weight is 299 g/mol. The monoisotopic (exact) mass is 299 g/mol. The van der Waals surface area contributed by atoms with Gasteiger partial charge in [0.2, 0.25) is 0 Å². The lowest BCUT2D eigenvalue weighted by molar-refractivity contribution is 0.0953. The standard InChI is InChI=1S/C14H13N5OS/c1-9-4-7-21-12(9)14(20)16-8-11-17-13(19-18-11)10-2-5-15-6-3-10/h2-7H,8H2,1H3,(H,16,20)(H,17,18,19). The number of aromatic nitrogens is 4. The van der Waals surface area contributed by atoms with Crippen LogP contribution in [0.3, 0.4) is 0 Å². The van der Waals surface area contributed by atoms with E-state index in [0.29, 0.717) is 18.2 Å². The summed E-state index contributed by atoms with van der Waals surface area (Å²) in [5, 5.41) is 11.7. The minimum Gasteiger partial charge on any atom is -0.344 e. The summed E-state index contributed by atoms with van der Waals surface area (Å²) in [6, 6.07) is 5.59. The third-order valence-corrected chi connectivity index (χ3v) is 3.97. The van der Waals surface area contributed by atoms with Gasteiger partial charge in [0, 0.05) is 18.0 Å². The number of amides is 1. The number of hydrogen-bond acceptors (Lipinski definition) is 5. The summed E-state index contributed by atoms with van der Waals surface area (Å²) < 4.78 is 0. The second-order valence-electron chi connectivity index (χ2n) is 4.46. The van der Waals surface area contributed by atoms with Crippen molar-refractivity contribution in [2.75, 3.05) is 0 Å². The summed E-state index contributed by atoms with van der Waals surface area (Å²) in [6.07, 6.45) is 3.37. The highest BCUT2D eigenvalue weighted by Gasteiger charge is 2.11. The zero-order valence-corrected chi connectivity index (χ0v) is 12.1. The van der Waals surface area contributed by atoms with Gasteiger partial charge in [-0.15, -0.1) is 11.3 Å². The molecule has 0 atom stereocenters. The second kappa shape index (κ2) is 5.84. The Morgan fingerprint density at radius 1 is 1.33 bits per heavy atom. The van der Waals surface area contributed by atoms with Crippen LogP contribution in [0.2, 0.25) is 0 Å². The summed E-state index contributed by atoms with van der Waals surface area (Å²) in [5.74, 6) is 1.11. The van der Waals surface area contributed by atoms with Crippen molar-refractivity contribution in [3.8, 4) is 11.4 Å². The molecular weight excluding hydrogens is 286 g/mol. The Balaban J connectivity index is 1.66. The number of rotatable bonds is 4. The minimum absolute atomic E-state index is 0.0932. The van der Waals surface area contributed by atoms with Crippen LogP contribution in [0.4, 0.5) is 0 Å². The zero-order valence-electron chi connectivity index (χ0n) is 11.3. The Bertz CT molecular complexity index is 750. The van der Waals surface area contributed by atoms with Gasteiger partial charge in [-0.25, -0.2) is 4.98 Å². The number of H-pyrrole nitrogens is 1. The van der Waals surface area contributed by atoms with Crippen molar-refractivity contribution in [3.63, 3.8) is 0 Å². The van der Waals surface area contributed by atoms with Crippen LogP contribution in [0.5, 0.6) is 0 Å². The lowest BCUT2D eigenvalue weighted by Gasteiger charge is -2.01. The van der Waals surface area contributed by atoms with E-state index in [1.165, 1.54) is 11.3 Å². The summed E-state index contributed by atoms with van der Waals surface area (Å²) >= 11 is 1.43. The molecule has 0 aromatic carbocycles. The first-order chi connectivity index (χ1) is 10.2. The number of thiophene rings is 1. The molecule has 0 unspecified atom stereocenters. The molecule has 2 N–H and O–H groups in total. The number of nitrogens with one attached hydrogen (secondary N) is 2. The molecule has 7 heteroatoms. The highest BCUT2D eigenvalue weighted by molar-refractivity contribution is 7.12. The number of nitrogens with zero attached hydrogens (tertiary/aromatic N) is 3. The number of aromatic amines is 1. The van der Waals surface area contributed by atoms with E-state index in [1.807, 2.05) is 30.5 Å². The first-order valence-electron chi connectivity index (χ1n) is 6.38. The SMILES string of the molecule is Cc1ccsc1C(=O)NCc1nc(-c2ccncc2)n[nH]1. The molecule has 3 aromatic rings. The molecule has 0 spiro atoms. The van der Waals surface area contributed by atoms with Crippen LogP contribution in [0.15, 0.2) is 36.0 Å². The van der Waals surface area contributed by atoms with Gasteiger partial charge < -0.3 is 5.32 Å². The largest absolute Gasteiger partial charge is 0.344 e. The molecule has 0 bridgehead atoms. The van der Waals surface area contributed by atoms with Crippen LogP contribution in [0.25, 0.3) is 11.4 Å². The lowest BCUT2D eigenvalue weighted by atomic mass is 10.2. The normalized spacial score (nSPS) is 10.5. The molecule has 0 saturated carbocycles. The minimum atomic E-state index is -0.0932. The Hall–Kier alpha value is -2.54. The van der Waals surface area contributed by atoms with Crippen LogP contribution >= 0.6 is 11.3 Å². The summed E-state index contributed by atoms with van der Waals surface area (Å²) in [4.78, 5) is 21.0. The van der Waals surface area contributed by atoms with Gasteiger partial charge in [0.25, 0.3) is 5.91 Å². The number of carbonyl (C=O) groups excluding carboxylic acids is 1. The maximum atomic E-state index is 12.0. The number of carbonyl (C=O) groups is 1. The van der Waals surface area contributed by atoms with Crippen LogP contribution in [-0.2, 0) is 6.54 Å². The van der Waals surface area contributed by atoms with E-state index in [1.54, 1.807) is 12.4 Å². The van der Waals surface area contributed by atoms with Gasteiger partial charge in [-0.05, 0) is 36.1 Å². The summed E-state index contributed by atoms with van der Waals surface area (Å²) in [5.41, 5.74) is 1.86. The fraction of sp³-hybridized carbons (Fsp3) is 0.143. The van der Waals surface area contributed by atoms with E-state index in [-0.39, 0.29) is 5.91 Å². The maximum absolute atomic E-state index is 12.0. The van der Waals surface area contributed by atoms with E-state index in [9.17, 15) is 4.79 Å². The Kier molecular flexibility index (Phi) is 3.74. The van der Waals surface area contributed by atoms with Crippen LogP contribution < -0.4 is 5.32 Å². The van der Waals surface area contributed by atoms with E-state index in [0.717, 1.165) is 16.0 Å². The van der Waals surface area contributed by atoms with Gasteiger partial charge in [0.15, 0.2) is 5.82 Å². The Labute approximate surface area is 125 Å². The van der Waals surface area contributed by atoms with Crippen molar-refractivity contribution in [1.82, 2.24) is 25.5 Å². The van der Waals surface area contributed by atoms with Crippen molar-refractivity contribution in [3.05, 3.63) is 52.2 Å². The molecule has 21 heavy (non-hydrogen) atoms. The van der Waals surface area contributed by atoms with Crippen LogP contribution in [0, 0.1) is 6.92 Å². The smallest absolute Gasteiger partial charge is 0.261 e. The van der Waals surface area contributed by atoms with Gasteiger partial charge in [0.1, 0.15) is 5.82 Å². The van der Waals surface area contributed by atoms with Crippen molar-refractivity contribution in [2.45, 2.75) is 13.5 Å². The number of aryl methyl sites for hydroxylation is 1. The molecule has 0 fully saturated rings. The molecule has 3 rings (SSSR count). The summed E-state index contributed by atoms with van der Waals surface area (Å²) in [7, 11) is 0. The average Bonchev–Trinajstić information content (AvgIpc) is 3.15. The van der Waals surface area contributed by atoms with Crippen molar-refractivity contribution in [2.24, 2.45) is 0 Å². The van der Waals surface area contributed by atoms with Gasteiger partial charge in [-0.2, -0.15) is 5.10 Å². The van der Waals surface area contributed by atoms with Gasteiger partial charge in [0.05, 0.1) is 11.4 Å². The maximum Gasteiger partial charge on any atom is 0.261 e. The van der Waals surface area contributed by atoms with E-state index in [4.69, 9.17) is 0 Å². The molecule has 3 heterocycles. The predicted molar refractivity (Wildman–Crippen MR) is 79.8 cm³/mol. The van der Waals surface area contributed by atoms with E-state index >= 15 is 0 Å². The summed E-state index contributed by atoms with van der Waals surface area (Å²) in [6.45, 7) is 2.23. The second-order valence-corrected chi connectivity index (χ2v) is 5.37. The molecule has 0 radical (unpaired) electrons. The molecule has 0 saturated heterocycles. The Morgan fingerprint density at radius 2 is 2.14 bits per heavy atom. The third-order valence-electron chi connectivity index (χ3n) is 2.95. The highest BCUT2D eigenvalue weighted by Crippen LogP contribution is 2.15. The highest BCUT2D eigenvalue weighted by atomic mass is 32.1. The topological polar surface area (TPSA) is 83.6 Å². The number of hydrogen-bond donors (Lipinski definition) is 2. The van der Waals surface area contributed by atoms with Crippen LogP contribution in [-0.4, -0.2) is 26.1 Å². The fourth-order valence-corrected chi connectivity index (χ4v) is 2.70. The quantitative estimate of drug-likeness (QED) is 0.773. The van der Waals surface area contributed by atoms with Gasteiger partial charge >= 0.3 is 0 Å². The Morgan fingerprint density at radius 3 is 2.86 bits per heavy atom. The zero-order chi connectivity index (χ0) is 14.7. The third kappa shape index (κ3) is 2.97. The molecule has 0 aliphatic rings. The van der Waals surface area contributed by atoms with Crippen molar-refractivity contribution >= 4 is 17.2 Å². The predicted octanol–water partition coefficient (Wildman–Crippen LogP) is 2.17. The fourth-order valence-electron chi connectivity index (χ4n) is 1.85. The van der Waals surface area contributed by atoms with Crippen LogP contribution in [0.1, 0.15) is 21.1 Å². The van der Waals surface area contributed by atoms with E-state index < -0.39 is 0 Å². The molecular formula is C14H13N5OS. The molecule has 0 aliphatic heterocycles. The molecule has 0 aliphatic carbocycles. The van der Waals surface area contributed by atoms with E-state index in [2.05, 4.69) is 25.5 Å². The van der Waals surface area contributed by atoms with Gasteiger partial charge in [-0.3, -0.25) is 14.9 Å². The molecule has 1 amide bonds. The first-order valence-corrected chi connectivity index (χ1v) is 7.26. The molecule has 106 valence electrons.